The maximum absolute atomic E-state index is 12.3. The molecule has 98 valence electrons. The summed E-state index contributed by atoms with van der Waals surface area (Å²) in [5, 5.41) is 0. The van der Waals surface area contributed by atoms with E-state index in [4.69, 9.17) is 5.73 Å². The van der Waals surface area contributed by atoms with Gasteiger partial charge in [0.15, 0.2) is 0 Å². The first kappa shape index (κ1) is 13.3. The molecule has 1 saturated heterocycles. The van der Waals surface area contributed by atoms with Gasteiger partial charge in [-0.05, 0) is 47.8 Å². The lowest BCUT2D eigenvalue weighted by Gasteiger charge is -2.21. The quantitative estimate of drug-likeness (QED) is 0.853. The predicted octanol–water partition coefficient (Wildman–Crippen LogP) is 0.947. The summed E-state index contributed by atoms with van der Waals surface area (Å²) in [6.07, 6.45) is 2.39. The minimum absolute atomic E-state index is 0.0598. The van der Waals surface area contributed by atoms with Gasteiger partial charge in [-0.2, -0.15) is 0 Å². The fourth-order valence-corrected chi connectivity index (χ4v) is 2.70. The molecule has 0 spiro atoms. The molecule has 18 heavy (non-hydrogen) atoms. The van der Waals surface area contributed by atoms with Crippen LogP contribution in [0.3, 0.4) is 0 Å². The second kappa shape index (κ2) is 5.24. The molecular formula is C12H16BrN3O2. The number of pyridine rings is 1. The molecule has 1 aromatic heterocycles. The van der Waals surface area contributed by atoms with E-state index < -0.39 is 0 Å². The average molecular weight is 314 g/mol. The number of aromatic nitrogens is 1. The van der Waals surface area contributed by atoms with Crippen molar-refractivity contribution in [2.75, 3.05) is 13.1 Å². The lowest BCUT2D eigenvalue weighted by Crippen LogP contribution is -2.34. The van der Waals surface area contributed by atoms with E-state index in [1.807, 2.05) is 11.8 Å². The molecule has 1 fully saturated rings. The largest absolute Gasteiger partial charge is 0.336 e. The monoisotopic (exact) mass is 313 g/mol. The Kier molecular flexibility index (Phi) is 3.87. The van der Waals surface area contributed by atoms with Crippen LogP contribution in [0.4, 0.5) is 0 Å². The first-order valence-electron chi connectivity index (χ1n) is 5.92. The molecule has 0 radical (unpaired) electrons. The first-order valence-corrected chi connectivity index (χ1v) is 6.71. The summed E-state index contributed by atoms with van der Waals surface area (Å²) in [5.74, 6) is 0.311. The third kappa shape index (κ3) is 2.49. The van der Waals surface area contributed by atoms with Crippen molar-refractivity contribution in [3.63, 3.8) is 0 Å². The zero-order chi connectivity index (χ0) is 13.3. The first-order chi connectivity index (χ1) is 8.52. The molecule has 0 aromatic carbocycles. The van der Waals surface area contributed by atoms with Crippen molar-refractivity contribution in [1.29, 1.82) is 0 Å². The number of nitrogens with two attached hydrogens (primary N) is 1. The molecule has 0 bridgehead atoms. The number of nitrogens with one attached hydrogen (secondary N) is 1. The van der Waals surface area contributed by atoms with Crippen molar-refractivity contribution >= 4 is 21.8 Å². The van der Waals surface area contributed by atoms with Crippen molar-refractivity contribution in [2.24, 2.45) is 11.7 Å². The second-order valence-corrected chi connectivity index (χ2v) is 5.56. The summed E-state index contributed by atoms with van der Waals surface area (Å²) in [4.78, 5) is 27.9. The number of aromatic amines is 1. The van der Waals surface area contributed by atoms with E-state index in [0.717, 1.165) is 6.42 Å². The molecule has 1 aliphatic rings. The Labute approximate surface area is 113 Å². The van der Waals surface area contributed by atoms with Gasteiger partial charge in [-0.1, -0.05) is 0 Å². The molecule has 2 unspecified atom stereocenters. The topological polar surface area (TPSA) is 79.2 Å². The van der Waals surface area contributed by atoms with E-state index in [9.17, 15) is 9.59 Å². The molecule has 0 aliphatic carbocycles. The van der Waals surface area contributed by atoms with Crippen LogP contribution in [0.15, 0.2) is 21.5 Å². The highest BCUT2D eigenvalue weighted by Crippen LogP contribution is 2.24. The highest BCUT2D eigenvalue weighted by molar-refractivity contribution is 9.10. The molecule has 6 heteroatoms. The summed E-state index contributed by atoms with van der Waals surface area (Å²) < 4.78 is 0.371. The van der Waals surface area contributed by atoms with E-state index in [2.05, 4.69) is 20.9 Å². The summed E-state index contributed by atoms with van der Waals surface area (Å²) in [6.45, 7) is 3.31. The summed E-state index contributed by atoms with van der Waals surface area (Å²) in [5.41, 5.74) is 5.90. The minimum Gasteiger partial charge on any atom is -0.336 e. The molecule has 1 aliphatic heterocycles. The number of halogens is 1. The number of carbonyl (C=O) groups excluding carboxylic acids is 1. The number of hydrogen-bond donors (Lipinski definition) is 2. The van der Waals surface area contributed by atoms with Gasteiger partial charge in [0.05, 0.1) is 10.0 Å². The van der Waals surface area contributed by atoms with E-state index in [1.165, 1.54) is 6.20 Å². The average Bonchev–Trinajstić information content (AvgIpc) is 2.73. The Hall–Kier alpha value is -1.14. The molecule has 2 rings (SSSR count). The number of carbonyl (C=O) groups is 1. The number of nitrogens with zero attached hydrogens (tertiary/aromatic N) is 1. The highest BCUT2D eigenvalue weighted by atomic mass is 79.9. The van der Waals surface area contributed by atoms with E-state index in [0.29, 0.717) is 29.0 Å². The van der Waals surface area contributed by atoms with Crippen LogP contribution >= 0.6 is 15.9 Å². The van der Waals surface area contributed by atoms with Gasteiger partial charge in [0.25, 0.3) is 11.5 Å². The highest BCUT2D eigenvalue weighted by Gasteiger charge is 2.32. The maximum Gasteiger partial charge on any atom is 0.262 e. The Morgan fingerprint density at radius 2 is 2.39 bits per heavy atom. The third-order valence-corrected chi connectivity index (χ3v) is 3.95. The number of amides is 1. The van der Waals surface area contributed by atoms with Gasteiger partial charge in [-0.3, -0.25) is 9.59 Å². The van der Waals surface area contributed by atoms with E-state index >= 15 is 0 Å². The van der Waals surface area contributed by atoms with Crippen molar-refractivity contribution in [3.8, 4) is 0 Å². The number of hydrogen-bond acceptors (Lipinski definition) is 3. The van der Waals surface area contributed by atoms with Crippen LogP contribution in [0, 0.1) is 5.92 Å². The molecule has 1 amide bonds. The second-order valence-electron chi connectivity index (χ2n) is 4.71. The third-order valence-electron chi connectivity index (χ3n) is 3.36. The Bertz CT molecular complexity index is 514. The maximum atomic E-state index is 12.3. The summed E-state index contributed by atoms with van der Waals surface area (Å²) in [6, 6.07) is 1.75. The lowest BCUT2D eigenvalue weighted by molar-refractivity contribution is 0.0743. The number of likely N-dealkylation sites (tertiary alicyclic amines) is 1. The molecule has 2 atom stereocenters. The van der Waals surface area contributed by atoms with Gasteiger partial charge in [0, 0.05) is 18.8 Å². The van der Waals surface area contributed by atoms with Crippen LogP contribution in [-0.4, -0.2) is 34.9 Å². The Balaban J connectivity index is 2.21. The molecular weight excluding hydrogens is 298 g/mol. The summed E-state index contributed by atoms with van der Waals surface area (Å²) in [7, 11) is 0. The molecule has 1 aromatic rings. The lowest BCUT2D eigenvalue weighted by atomic mass is 10.1. The van der Waals surface area contributed by atoms with Crippen molar-refractivity contribution in [3.05, 3.63) is 32.7 Å². The minimum atomic E-state index is -0.235. The van der Waals surface area contributed by atoms with Gasteiger partial charge < -0.3 is 15.6 Å². The predicted molar refractivity (Wildman–Crippen MR) is 72.4 cm³/mol. The van der Waals surface area contributed by atoms with Crippen LogP contribution in [0.1, 0.15) is 23.7 Å². The van der Waals surface area contributed by atoms with Crippen molar-refractivity contribution in [2.45, 2.75) is 19.4 Å². The fraction of sp³-hybridized carbons (Fsp3) is 0.500. The SMILES string of the molecule is CC1CC(CN)CN1C(=O)c1c[nH]c(=O)c(Br)c1. The smallest absolute Gasteiger partial charge is 0.262 e. The van der Waals surface area contributed by atoms with Crippen LogP contribution in [0.25, 0.3) is 0 Å². The molecule has 5 nitrogen and oxygen atoms in total. The number of rotatable bonds is 2. The van der Waals surface area contributed by atoms with Crippen molar-refractivity contribution < 1.29 is 4.79 Å². The van der Waals surface area contributed by atoms with Gasteiger partial charge >= 0.3 is 0 Å². The van der Waals surface area contributed by atoms with Crippen LogP contribution in [0.2, 0.25) is 0 Å². The fourth-order valence-electron chi connectivity index (χ4n) is 2.34. The van der Waals surface area contributed by atoms with E-state index in [-0.39, 0.29) is 17.5 Å². The molecule has 0 saturated carbocycles. The normalized spacial score (nSPS) is 23.4. The molecule has 2 heterocycles. The van der Waals surface area contributed by atoms with Gasteiger partial charge in [0.1, 0.15) is 0 Å². The van der Waals surface area contributed by atoms with Crippen LogP contribution in [0.5, 0.6) is 0 Å². The Morgan fingerprint density at radius 1 is 1.67 bits per heavy atom. The standard InChI is InChI=1S/C12H16BrN3O2/c1-7-2-8(4-14)6-16(7)12(18)9-3-10(13)11(17)15-5-9/h3,5,7-8H,2,4,6,14H2,1H3,(H,15,17). The summed E-state index contributed by atoms with van der Waals surface area (Å²) >= 11 is 3.13. The van der Waals surface area contributed by atoms with Crippen LogP contribution in [-0.2, 0) is 0 Å². The van der Waals surface area contributed by atoms with Crippen LogP contribution < -0.4 is 11.3 Å². The van der Waals surface area contributed by atoms with E-state index in [1.54, 1.807) is 6.07 Å². The number of H-pyrrole nitrogens is 1. The zero-order valence-corrected chi connectivity index (χ0v) is 11.7. The van der Waals surface area contributed by atoms with Gasteiger partial charge in [-0.25, -0.2) is 0 Å². The van der Waals surface area contributed by atoms with Gasteiger partial charge in [0.2, 0.25) is 0 Å². The van der Waals surface area contributed by atoms with Gasteiger partial charge in [-0.15, -0.1) is 0 Å². The Morgan fingerprint density at radius 3 is 2.94 bits per heavy atom. The molecule has 3 N–H and O–H groups in total. The van der Waals surface area contributed by atoms with Crippen molar-refractivity contribution in [1.82, 2.24) is 9.88 Å². The zero-order valence-electron chi connectivity index (χ0n) is 10.1.